The molecule has 9 heteroatoms. The van der Waals surface area contributed by atoms with Crippen LogP contribution in [-0.4, -0.2) is 39.4 Å². The number of carbonyl (C=O) groups excluding carboxylic acids is 2. The van der Waals surface area contributed by atoms with Gasteiger partial charge in [-0.15, -0.1) is 0 Å². The maximum atomic E-state index is 12.8. The van der Waals surface area contributed by atoms with Crippen LogP contribution < -0.4 is 19.7 Å². The minimum absolute atomic E-state index is 0.0435. The first-order valence-electron chi connectivity index (χ1n) is 10.8. The van der Waals surface area contributed by atoms with E-state index in [1.165, 1.54) is 23.1 Å². The summed E-state index contributed by atoms with van der Waals surface area (Å²) in [5.41, 5.74) is 2.05. The normalized spacial score (nSPS) is 16.5. The van der Waals surface area contributed by atoms with Crippen molar-refractivity contribution < 1.29 is 22.7 Å². The number of rotatable bonds is 7. The fraction of sp³-hybridized carbons (Fsp3) is 0.391. The zero-order chi connectivity index (χ0) is 22.7. The van der Waals surface area contributed by atoms with Crippen molar-refractivity contribution >= 4 is 33.2 Å². The number of amides is 2. The molecule has 1 aliphatic heterocycles. The van der Waals surface area contributed by atoms with Gasteiger partial charge in [-0.2, -0.15) is 0 Å². The second kappa shape index (κ2) is 9.30. The fourth-order valence-corrected chi connectivity index (χ4v) is 5.35. The highest BCUT2D eigenvalue weighted by atomic mass is 32.2. The molecule has 0 aromatic heterocycles. The first kappa shape index (κ1) is 22.3. The van der Waals surface area contributed by atoms with Gasteiger partial charge in [-0.05, 0) is 55.2 Å². The van der Waals surface area contributed by atoms with Gasteiger partial charge in [0.05, 0.1) is 10.6 Å². The molecule has 32 heavy (non-hydrogen) atoms. The number of carbonyl (C=O) groups is 2. The van der Waals surface area contributed by atoms with Gasteiger partial charge >= 0.3 is 0 Å². The Balaban J connectivity index is 1.53. The van der Waals surface area contributed by atoms with E-state index in [0.29, 0.717) is 11.4 Å². The molecule has 0 spiro atoms. The van der Waals surface area contributed by atoms with Crippen LogP contribution in [0.5, 0.6) is 5.75 Å². The van der Waals surface area contributed by atoms with Crippen LogP contribution in [-0.2, 0) is 26.0 Å². The summed E-state index contributed by atoms with van der Waals surface area (Å²) in [6.07, 6.45) is 4.54. The molecule has 0 bridgehead atoms. The summed E-state index contributed by atoms with van der Waals surface area (Å²) in [6.45, 7) is 1.59. The van der Waals surface area contributed by atoms with Gasteiger partial charge in [-0.25, -0.2) is 13.1 Å². The van der Waals surface area contributed by atoms with Crippen molar-refractivity contribution in [2.45, 2.75) is 50.0 Å². The van der Waals surface area contributed by atoms with Gasteiger partial charge < -0.3 is 10.1 Å². The lowest BCUT2D eigenvalue weighted by atomic mass is 10.1. The lowest BCUT2D eigenvalue weighted by Gasteiger charge is -2.29. The molecule has 2 aliphatic rings. The van der Waals surface area contributed by atoms with Crippen LogP contribution in [0.3, 0.4) is 0 Å². The highest BCUT2D eigenvalue weighted by Gasteiger charge is 2.30. The average molecular weight is 458 g/mol. The van der Waals surface area contributed by atoms with Crippen molar-refractivity contribution in [3.05, 3.63) is 48.0 Å². The molecule has 0 unspecified atom stereocenters. The van der Waals surface area contributed by atoms with Crippen LogP contribution in [0, 0.1) is 0 Å². The van der Waals surface area contributed by atoms with Crippen LogP contribution in [0.25, 0.3) is 0 Å². The van der Waals surface area contributed by atoms with Crippen molar-refractivity contribution in [1.29, 1.82) is 0 Å². The maximum Gasteiger partial charge on any atom is 0.265 e. The second-order valence-corrected chi connectivity index (χ2v) is 9.81. The molecule has 2 N–H and O–H groups in total. The van der Waals surface area contributed by atoms with Crippen LogP contribution in [0.1, 0.15) is 38.2 Å². The molecule has 2 aromatic rings. The van der Waals surface area contributed by atoms with Crippen molar-refractivity contribution in [2.24, 2.45) is 0 Å². The van der Waals surface area contributed by atoms with E-state index in [2.05, 4.69) is 10.0 Å². The topological polar surface area (TPSA) is 105 Å². The molecule has 0 saturated heterocycles. The summed E-state index contributed by atoms with van der Waals surface area (Å²) in [5, 5.41) is 2.78. The van der Waals surface area contributed by atoms with Crippen LogP contribution in [0.15, 0.2) is 47.4 Å². The first-order chi connectivity index (χ1) is 15.4. The third kappa shape index (κ3) is 4.94. The number of aryl methyl sites for hydroxylation is 1. The highest BCUT2D eigenvalue weighted by molar-refractivity contribution is 7.89. The van der Waals surface area contributed by atoms with E-state index in [1.54, 1.807) is 0 Å². The number of sulfonamides is 1. The maximum absolute atomic E-state index is 12.8. The Morgan fingerprint density at radius 1 is 1.12 bits per heavy atom. The van der Waals surface area contributed by atoms with Gasteiger partial charge in [-0.3, -0.25) is 14.5 Å². The van der Waals surface area contributed by atoms with Crippen molar-refractivity contribution in [1.82, 2.24) is 4.72 Å². The highest BCUT2D eigenvalue weighted by Crippen LogP contribution is 2.34. The summed E-state index contributed by atoms with van der Waals surface area (Å²) < 4.78 is 33.9. The van der Waals surface area contributed by atoms with Gasteiger partial charge in [0.15, 0.2) is 6.61 Å². The summed E-state index contributed by atoms with van der Waals surface area (Å²) in [5.74, 6) is -0.426. The molecule has 2 amide bonds. The largest absolute Gasteiger partial charge is 0.482 e. The van der Waals surface area contributed by atoms with Crippen molar-refractivity contribution in [2.75, 3.05) is 23.4 Å². The van der Waals surface area contributed by atoms with Gasteiger partial charge in [-0.1, -0.05) is 31.9 Å². The molecular formula is C23H27N3O5S. The quantitative estimate of drug-likeness (QED) is 0.665. The van der Waals surface area contributed by atoms with E-state index >= 15 is 0 Å². The third-order valence-electron chi connectivity index (χ3n) is 5.81. The standard InChI is InChI=1S/C23H27N3O5S/c1-2-16-7-9-17(10-8-16)24-22(27)14-26-20-13-19(11-12-21(20)31-15-23(26)28)32(29,30)25-18-5-3-4-6-18/h7-13,18,25H,2-6,14-15H2,1H3,(H,24,27). The number of hydrogen-bond acceptors (Lipinski definition) is 5. The number of benzene rings is 2. The molecule has 0 atom stereocenters. The molecule has 4 rings (SSSR count). The third-order valence-corrected chi connectivity index (χ3v) is 7.33. The number of ether oxygens (including phenoxy) is 1. The Bertz CT molecular complexity index is 1110. The molecule has 1 fully saturated rings. The molecule has 1 heterocycles. The summed E-state index contributed by atoms with van der Waals surface area (Å²) in [7, 11) is -3.75. The molecule has 1 saturated carbocycles. The zero-order valence-corrected chi connectivity index (χ0v) is 18.8. The number of anilines is 2. The second-order valence-electron chi connectivity index (χ2n) is 8.10. The Kier molecular flexibility index (Phi) is 6.48. The molecule has 8 nitrogen and oxygen atoms in total. The lowest BCUT2D eigenvalue weighted by Crippen LogP contribution is -2.43. The number of hydrogen-bond donors (Lipinski definition) is 2. The smallest absolute Gasteiger partial charge is 0.265 e. The SMILES string of the molecule is CCc1ccc(NC(=O)CN2C(=O)COc3ccc(S(=O)(=O)NC4CCCC4)cc32)cc1. The predicted molar refractivity (Wildman–Crippen MR) is 121 cm³/mol. The van der Waals surface area contributed by atoms with E-state index in [9.17, 15) is 18.0 Å². The Hall–Kier alpha value is -2.91. The first-order valence-corrected chi connectivity index (χ1v) is 12.3. The van der Waals surface area contributed by atoms with Crippen molar-refractivity contribution in [3.8, 4) is 5.75 Å². The van der Waals surface area contributed by atoms with Crippen molar-refractivity contribution in [3.63, 3.8) is 0 Å². The Labute approximate surface area is 188 Å². The van der Waals surface area contributed by atoms with E-state index in [0.717, 1.165) is 37.7 Å². The van der Waals surface area contributed by atoms with E-state index < -0.39 is 15.9 Å². The van der Waals surface area contributed by atoms with Gasteiger partial charge in [0.1, 0.15) is 12.3 Å². The van der Waals surface area contributed by atoms with Gasteiger partial charge in [0.2, 0.25) is 15.9 Å². The monoisotopic (exact) mass is 457 g/mol. The summed E-state index contributed by atoms with van der Waals surface area (Å²) >= 11 is 0. The molecular weight excluding hydrogens is 430 g/mol. The Morgan fingerprint density at radius 2 is 1.84 bits per heavy atom. The zero-order valence-electron chi connectivity index (χ0n) is 18.0. The fourth-order valence-electron chi connectivity index (χ4n) is 4.02. The van der Waals surface area contributed by atoms with Crippen LogP contribution in [0.2, 0.25) is 0 Å². The minimum atomic E-state index is -3.75. The summed E-state index contributed by atoms with van der Waals surface area (Å²) in [6, 6.07) is 11.8. The number of fused-ring (bicyclic) bond motifs is 1. The number of nitrogens with zero attached hydrogens (tertiary/aromatic N) is 1. The predicted octanol–water partition coefficient (Wildman–Crippen LogP) is 2.83. The average Bonchev–Trinajstić information content (AvgIpc) is 3.28. The van der Waals surface area contributed by atoms with Gasteiger partial charge in [0, 0.05) is 11.7 Å². The van der Waals surface area contributed by atoms with E-state index in [1.807, 2.05) is 31.2 Å². The lowest BCUT2D eigenvalue weighted by molar-refractivity contribution is -0.123. The Morgan fingerprint density at radius 3 is 2.53 bits per heavy atom. The molecule has 0 radical (unpaired) electrons. The minimum Gasteiger partial charge on any atom is -0.482 e. The van der Waals surface area contributed by atoms with E-state index in [-0.39, 0.29) is 35.7 Å². The summed E-state index contributed by atoms with van der Waals surface area (Å²) in [4.78, 5) is 26.5. The van der Waals surface area contributed by atoms with E-state index in [4.69, 9.17) is 4.74 Å². The molecule has 170 valence electrons. The van der Waals surface area contributed by atoms with Gasteiger partial charge in [0.25, 0.3) is 5.91 Å². The molecule has 2 aromatic carbocycles. The number of nitrogens with one attached hydrogen (secondary N) is 2. The molecule has 1 aliphatic carbocycles. The van der Waals surface area contributed by atoms with Crippen LogP contribution >= 0.6 is 0 Å². The van der Waals surface area contributed by atoms with Crippen LogP contribution in [0.4, 0.5) is 11.4 Å².